The van der Waals surface area contributed by atoms with E-state index in [0.717, 1.165) is 41.7 Å². The SMILES string of the molecule is CCOC(=O)/C=C/N(CC)CCc1[nH]c2ccc(F)cc2c1COC. The Hall–Kier alpha value is -2.34. The molecule has 0 saturated heterocycles. The Morgan fingerprint density at radius 2 is 2.16 bits per heavy atom. The highest BCUT2D eigenvalue weighted by Crippen LogP contribution is 2.24. The van der Waals surface area contributed by atoms with Crippen LogP contribution in [0, 0.1) is 5.82 Å². The van der Waals surface area contributed by atoms with Crippen LogP contribution in [0.5, 0.6) is 0 Å². The minimum absolute atomic E-state index is 0.261. The molecule has 0 spiro atoms. The van der Waals surface area contributed by atoms with E-state index in [0.29, 0.717) is 13.2 Å². The fourth-order valence-corrected chi connectivity index (χ4v) is 2.75. The zero-order valence-corrected chi connectivity index (χ0v) is 15.0. The molecule has 5 nitrogen and oxygen atoms in total. The lowest BCUT2D eigenvalue weighted by Gasteiger charge is -2.18. The molecule has 0 aliphatic carbocycles. The number of H-pyrrole nitrogens is 1. The molecule has 1 aromatic heterocycles. The van der Waals surface area contributed by atoms with Crippen LogP contribution in [0.2, 0.25) is 0 Å². The van der Waals surface area contributed by atoms with Gasteiger partial charge in [-0.2, -0.15) is 0 Å². The van der Waals surface area contributed by atoms with Crippen LogP contribution in [0.4, 0.5) is 4.39 Å². The number of rotatable bonds is 9. The molecule has 0 radical (unpaired) electrons. The third kappa shape index (κ3) is 5.06. The normalized spacial score (nSPS) is 11.4. The first-order valence-electron chi connectivity index (χ1n) is 8.45. The predicted octanol–water partition coefficient (Wildman–Crippen LogP) is 3.39. The number of aromatic amines is 1. The summed E-state index contributed by atoms with van der Waals surface area (Å²) >= 11 is 0. The van der Waals surface area contributed by atoms with Gasteiger partial charge >= 0.3 is 5.97 Å². The largest absolute Gasteiger partial charge is 0.463 e. The van der Waals surface area contributed by atoms with Crippen LogP contribution in [0.3, 0.4) is 0 Å². The van der Waals surface area contributed by atoms with E-state index in [1.54, 1.807) is 26.3 Å². The molecule has 2 aromatic rings. The van der Waals surface area contributed by atoms with Crippen LogP contribution in [0.1, 0.15) is 25.1 Å². The summed E-state index contributed by atoms with van der Waals surface area (Å²) in [6, 6.07) is 4.72. The third-order valence-electron chi connectivity index (χ3n) is 4.01. The number of benzene rings is 1. The van der Waals surface area contributed by atoms with E-state index in [4.69, 9.17) is 9.47 Å². The van der Waals surface area contributed by atoms with Crippen LogP contribution >= 0.6 is 0 Å². The van der Waals surface area contributed by atoms with Gasteiger partial charge in [0.25, 0.3) is 0 Å². The number of carbonyl (C=O) groups is 1. The molecular formula is C19H25FN2O3. The molecule has 1 N–H and O–H groups in total. The smallest absolute Gasteiger partial charge is 0.332 e. The van der Waals surface area contributed by atoms with Crippen molar-refractivity contribution in [1.29, 1.82) is 0 Å². The van der Waals surface area contributed by atoms with Crippen molar-refractivity contribution in [3.05, 3.63) is 47.5 Å². The number of hydrogen-bond acceptors (Lipinski definition) is 4. The second-order valence-corrected chi connectivity index (χ2v) is 5.65. The van der Waals surface area contributed by atoms with Crippen LogP contribution in [0.25, 0.3) is 10.9 Å². The summed E-state index contributed by atoms with van der Waals surface area (Å²) in [7, 11) is 1.63. The number of carbonyl (C=O) groups excluding carboxylic acids is 1. The summed E-state index contributed by atoms with van der Waals surface area (Å²) in [4.78, 5) is 16.8. The molecule has 2 rings (SSSR count). The van der Waals surface area contributed by atoms with Crippen molar-refractivity contribution in [2.24, 2.45) is 0 Å². The third-order valence-corrected chi connectivity index (χ3v) is 4.01. The number of nitrogens with one attached hydrogen (secondary N) is 1. The maximum absolute atomic E-state index is 13.6. The lowest BCUT2D eigenvalue weighted by Crippen LogP contribution is -2.21. The van der Waals surface area contributed by atoms with Crippen LogP contribution < -0.4 is 0 Å². The van der Waals surface area contributed by atoms with E-state index in [1.165, 1.54) is 18.2 Å². The average Bonchev–Trinajstić information content (AvgIpc) is 2.93. The standard InChI is InChI=1S/C19H25FN2O3/c1-4-22(11-9-19(23)25-5-2)10-8-18-16(13-24-3)15-12-14(20)6-7-17(15)21-18/h6-7,9,11-12,21H,4-5,8,10,13H2,1-3H3/b11-9+. The van der Waals surface area contributed by atoms with Crippen molar-refractivity contribution in [3.63, 3.8) is 0 Å². The maximum Gasteiger partial charge on any atom is 0.332 e. The molecule has 0 unspecified atom stereocenters. The Balaban J connectivity index is 2.13. The summed E-state index contributed by atoms with van der Waals surface area (Å²) in [6.45, 7) is 6.07. The number of nitrogens with zero attached hydrogens (tertiary/aromatic N) is 1. The first kappa shape index (κ1) is 19.0. The highest BCUT2D eigenvalue weighted by atomic mass is 19.1. The van der Waals surface area contributed by atoms with Crippen molar-refractivity contribution in [2.75, 3.05) is 26.8 Å². The van der Waals surface area contributed by atoms with E-state index in [2.05, 4.69) is 4.98 Å². The fourth-order valence-electron chi connectivity index (χ4n) is 2.75. The lowest BCUT2D eigenvalue weighted by atomic mass is 10.1. The summed E-state index contributed by atoms with van der Waals surface area (Å²) in [5.74, 6) is -0.606. The second-order valence-electron chi connectivity index (χ2n) is 5.65. The van der Waals surface area contributed by atoms with Gasteiger partial charge in [0.2, 0.25) is 0 Å². The van der Waals surface area contributed by atoms with Crippen LogP contribution in [-0.4, -0.2) is 42.7 Å². The Kier molecular flexibility index (Phi) is 7.01. The van der Waals surface area contributed by atoms with Crippen LogP contribution in [-0.2, 0) is 27.3 Å². The summed E-state index contributed by atoms with van der Waals surface area (Å²) in [6.07, 6.45) is 3.91. The Morgan fingerprint density at radius 3 is 2.84 bits per heavy atom. The number of esters is 1. The van der Waals surface area contributed by atoms with Gasteiger partial charge in [-0.1, -0.05) is 0 Å². The minimum Gasteiger partial charge on any atom is -0.463 e. The number of hydrogen-bond donors (Lipinski definition) is 1. The van der Waals surface area contributed by atoms with E-state index in [1.807, 2.05) is 11.8 Å². The van der Waals surface area contributed by atoms with Crippen molar-refractivity contribution >= 4 is 16.9 Å². The van der Waals surface area contributed by atoms with Gasteiger partial charge in [-0.3, -0.25) is 0 Å². The van der Waals surface area contributed by atoms with Crippen molar-refractivity contribution < 1.29 is 18.7 Å². The Morgan fingerprint density at radius 1 is 1.36 bits per heavy atom. The minimum atomic E-state index is -0.345. The van der Waals surface area contributed by atoms with Crippen LogP contribution in [0.15, 0.2) is 30.5 Å². The summed E-state index contributed by atoms with van der Waals surface area (Å²) < 4.78 is 23.7. The predicted molar refractivity (Wildman–Crippen MR) is 95.7 cm³/mol. The van der Waals surface area contributed by atoms with Gasteiger partial charge in [0.1, 0.15) is 5.82 Å². The zero-order chi connectivity index (χ0) is 18.2. The van der Waals surface area contributed by atoms with Gasteiger partial charge in [-0.25, -0.2) is 9.18 Å². The number of ether oxygens (including phenoxy) is 2. The number of halogens is 1. The maximum atomic E-state index is 13.6. The molecule has 0 aliphatic rings. The summed E-state index contributed by atoms with van der Waals surface area (Å²) in [5.41, 5.74) is 2.89. The highest BCUT2D eigenvalue weighted by molar-refractivity contribution is 5.84. The van der Waals surface area contributed by atoms with E-state index in [9.17, 15) is 9.18 Å². The quantitative estimate of drug-likeness (QED) is 0.557. The molecule has 1 heterocycles. The zero-order valence-electron chi connectivity index (χ0n) is 15.0. The lowest BCUT2D eigenvalue weighted by molar-refractivity contribution is -0.137. The first-order chi connectivity index (χ1) is 12.1. The van der Waals surface area contributed by atoms with E-state index in [-0.39, 0.29) is 11.8 Å². The molecule has 0 atom stereocenters. The number of fused-ring (bicyclic) bond motifs is 1. The molecule has 0 saturated carbocycles. The van der Waals surface area contributed by atoms with Gasteiger partial charge < -0.3 is 19.4 Å². The molecule has 1 aromatic carbocycles. The van der Waals surface area contributed by atoms with E-state index < -0.39 is 0 Å². The molecule has 0 fully saturated rings. The first-order valence-corrected chi connectivity index (χ1v) is 8.45. The van der Waals surface area contributed by atoms with Gasteiger partial charge in [0, 0.05) is 61.1 Å². The van der Waals surface area contributed by atoms with Gasteiger partial charge in [0.15, 0.2) is 0 Å². The average molecular weight is 348 g/mol. The van der Waals surface area contributed by atoms with Gasteiger partial charge in [-0.05, 0) is 32.0 Å². The second kappa shape index (κ2) is 9.22. The number of likely N-dealkylation sites (N-methyl/N-ethyl adjacent to an activating group) is 1. The Bertz CT molecular complexity index is 740. The highest BCUT2D eigenvalue weighted by Gasteiger charge is 2.13. The Labute approximate surface area is 147 Å². The molecule has 0 aliphatic heterocycles. The molecule has 0 bridgehead atoms. The monoisotopic (exact) mass is 348 g/mol. The van der Waals surface area contributed by atoms with Crippen molar-refractivity contribution in [1.82, 2.24) is 9.88 Å². The molecule has 0 amide bonds. The number of methoxy groups -OCH3 is 1. The van der Waals surface area contributed by atoms with Gasteiger partial charge in [0.05, 0.1) is 13.2 Å². The molecule has 6 heteroatoms. The van der Waals surface area contributed by atoms with Crippen molar-refractivity contribution in [2.45, 2.75) is 26.9 Å². The van der Waals surface area contributed by atoms with Gasteiger partial charge in [-0.15, -0.1) is 0 Å². The number of aromatic nitrogens is 1. The van der Waals surface area contributed by atoms with E-state index >= 15 is 0 Å². The molecule has 136 valence electrons. The topological polar surface area (TPSA) is 54.6 Å². The fraction of sp³-hybridized carbons (Fsp3) is 0.421. The molecular weight excluding hydrogens is 323 g/mol. The van der Waals surface area contributed by atoms with Crippen molar-refractivity contribution in [3.8, 4) is 0 Å². The summed E-state index contributed by atoms with van der Waals surface area (Å²) in [5, 5.41) is 0.849. The molecule has 25 heavy (non-hydrogen) atoms.